The van der Waals surface area contributed by atoms with Gasteiger partial charge in [-0.05, 0) is 168 Å². The Kier molecular flexibility index (Phi) is 12.1. The Balaban J connectivity index is 0.896. The maximum atomic E-state index is 12.3. The lowest BCUT2D eigenvalue weighted by atomic mass is 9.78. The summed E-state index contributed by atoms with van der Waals surface area (Å²) in [6.07, 6.45) is 0. The molecule has 4 aliphatic heterocycles. The second kappa shape index (κ2) is 21.0. The van der Waals surface area contributed by atoms with Crippen molar-refractivity contribution in [3.05, 3.63) is 302 Å². The van der Waals surface area contributed by atoms with Crippen molar-refractivity contribution >= 4 is 68.2 Å². The first-order chi connectivity index (χ1) is 44.6. The summed E-state index contributed by atoms with van der Waals surface area (Å²) in [5.41, 5.74) is 17.0. The zero-order valence-corrected chi connectivity index (χ0v) is 48.0. The Labute approximate surface area is 519 Å². The zero-order chi connectivity index (χ0) is 59.8. The number of fused-ring (bicyclic) bond motifs is 8. The van der Waals surface area contributed by atoms with Gasteiger partial charge >= 0.3 is 0 Å². The summed E-state index contributed by atoms with van der Waals surface area (Å²) in [6.45, 7) is 0. The fourth-order valence-corrected chi connectivity index (χ4v) is 13.2. The molecule has 0 atom stereocenters. The number of nitrogens with zero attached hydrogens (tertiary/aromatic N) is 6. The molecule has 0 aliphatic carbocycles. The molecule has 0 N–H and O–H groups in total. The number of para-hydroxylation sites is 16. The van der Waals surface area contributed by atoms with Crippen LogP contribution >= 0.6 is 0 Å². The number of nitriles is 2. The molecular weight excluding hydrogens is 1110 g/mol. The lowest BCUT2D eigenvalue weighted by molar-refractivity contribution is 0.477. The van der Waals surface area contributed by atoms with Gasteiger partial charge in [-0.25, -0.2) is 0 Å². The van der Waals surface area contributed by atoms with Crippen LogP contribution in [0.1, 0.15) is 11.1 Å². The summed E-state index contributed by atoms with van der Waals surface area (Å²) in [7, 11) is 0. The molecule has 0 radical (unpaired) electrons. The monoisotopic (exact) mass is 1160 g/mol. The van der Waals surface area contributed by atoms with Crippen LogP contribution in [0.3, 0.4) is 0 Å². The van der Waals surface area contributed by atoms with Crippen molar-refractivity contribution in [3.8, 4) is 103 Å². The molecule has 0 unspecified atom stereocenters. The van der Waals surface area contributed by atoms with Crippen LogP contribution in [0.5, 0.6) is 46.0 Å². The van der Waals surface area contributed by atoms with E-state index in [2.05, 4.69) is 177 Å². The van der Waals surface area contributed by atoms with Crippen LogP contribution in [0.15, 0.2) is 291 Å². The van der Waals surface area contributed by atoms with Gasteiger partial charge in [0.2, 0.25) is 0 Å². The smallest absolute Gasteiger partial charge is 0.151 e. The first kappa shape index (κ1) is 51.6. The number of rotatable bonds is 8. The minimum Gasteiger partial charge on any atom is -0.453 e. The minimum atomic E-state index is 0.406. The average Bonchev–Trinajstić information content (AvgIpc) is 0.820. The van der Waals surface area contributed by atoms with E-state index in [0.717, 1.165) is 136 Å². The van der Waals surface area contributed by atoms with Crippen molar-refractivity contribution in [3.63, 3.8) is 0 Å². The lowest BCUT2D eigenvalue weighted by Gasteiger charge is -2.33. The number of anilines is 12. The highest BCUT2D eigenvalue weighted by molar-refractivity contribution is 6.05. The Hall–Kier alpha value is -12.8. The van der Waals surface area contributed by atoms with Crippen molar-refractivity contribution in [2.45, 2.75) is 0 Å². The second-order valence-corrected chi connectivity index (χ2v) is 22.2. The van der Waals surface area contributed by atoms with Crippen molar-refractivity contribution in [2.24, 2.45) is 0 Å². The van der Waals surface area contributed by atoms with Crippen molar-refractivity contribution in [1.82, 2.24) is 0 Å². The molecule has 0 spiro atoms. The van der Waals surface area contributed by atoms with E-state index in [-0.39, 0.29) is 0 Å². The fraction of sp³-hybridized carbons (Fsp3) is 0. The molecule has 0 bridgehead atoms. The van der Waals surface area contributed by atoms with Gasteiger partial charge in [0, 0.05) is 45.0 Å². The van der Waals surface area contributed by atoms with Crippen LogP contribution in [0.25, 0.3) is 44.5 Å². The minimum absolute atomic E-state index is 0.406. The van der Waals surface area contributed by atoms with Gasteiger partial charge in [-0.15, -0.1) is 0 Å². The molecule has 0 aromatic heterocycles. The Morgan fingerprint density at radius 2 is 0.356 bits per heavy atom. The van der Waals surface area contributed by atoms with Crippen molar-refractivity contribution in [1.29, 1.82) is 10.5 Å². The van der Waals surface area contributed by atoms with Gasteiger partial charge in [0.25, 0.3) is 0 Å². The Bertz CT molecular complexity index is 4320. The zero-order valence-electron chi connectivity index (χ0n) is 48.0. The third-order valence-electron chi connectivity index (χ3n) is 17.1. The third-order valence-corrected chi connectivity index (χ3v) is 17.1. The van der Waals surface area contributed by atoms with Crippen molar-refractivity contribution in [2.75, 3.05) is 19.6 Å². The van der Waals surface area contributed by atoms with E-state index in [1.807, 2.05) is 146 Å². The van der Waals surface area contributed by atoms with E-state index in [1.54, 1.807) is 0 Å². The van der Waals surface area contributed by atoms with Gasteiger partial charge in [-0.2, -0.15) is 10.5 Å². The normalized spacial score (nSPS) is 12.7. The standard InChI is InChI=1S/C80H48N6O4/c81-49-59-77(51-33-41-55(42-34-51)83-61-17-1-9-25-69(61)87-70-26-10-2-18-62(70)83)78(52-35-43-56(44-36-52)84-63-19-3-11-27-71(63)88-72-28-12-4-20-64(72)84)60(50-82)80(54-39-47-58(48-40-54)86-67-23-7-15-31-75(67)90-76-32-16-8-24-68(76)86)79(59)53-37-45-57(46-38-53)85-65-21-5-13-29-73(65)89-74-30-14-6-22-66(74)85/h1-48H. The van der Waals surface area contributed by atoms with Crippen LogP contribution in [0, 0.1) is 22.7 Å². The van der Waals surface area contributed by atoms with Gasteiger partial charge in [-0.1, -0.05) is 146 Å². The van der Waals surface area contributed by atoms with Crippen LogP contribution < -0.4 is 38.5 Å². The SMILES string of the molecule is N#Cc1c(-c2ccc(N3c4ccccc4Oc4ccccc43)cc2)c(-c2ccc(N3c4ccccc4Oc4ccccc43)cc2)c(C#N)c(-c2ccc(N3c4ccccc4Oc4ccccc43)cc2)c1-c1ccc(N2c3ccccc3Oc3ccccc32)cc1. The number of hydrogen-bond donors (Lipinski definition) is 0. The number of hydrogen-bond acceptors (Lipinski definition) is 10. The van der Waals surface area contributed by atoms with Gasteiger partial charge in [0.15, 0.2) is 46.0 Å². The van der Waals surface area contributed by atoms with E-state index in [4.69, 9.17) is 18.9 Å². The maximum Gasteiger partial charge on any atom is 0.151 e. The van der Waals surface area contributed by atoms with Gasteiger partial charge in [-0.3, -0.25) is 0 Å². The molecule has 10 heteroatoms. The van der Waals surface area contributed by atoms with E-state index in [1.165, 1.54) is 0 Å². The number of benzene rings is 13. The van der Waals surface area contributed by atoms with Gasteiger partial charge in [0.1, 0.15) is 12.1 Å². The molecule has 0 saturated heterocycles. The van der Waals surface area contributed by atoms with Crippen LogP contribution in [0.2, 0.25) is 0 Å². The summed E-state index contributed by atoms with van der Waals surface area (Å²) < 4.78 is 25.7. The van der Waals surface area contributed by atoms with E-state index in [0.29, 0.717) is 33.4 Å². The summed E-state index contributed by atoms with van der Waals surface area (Å²) in [6, 6.07) is 103. The first-order valence-corrected chi connectivity index (χ1v) is 29.7. The van der Waals surface area contributed by atoms with E-state index < -0.39 is 0 Å². The Morgan fingerprint density at radius 3 is 0.511 bits per heavy atom. The maximum absolute atomic E-state index is 12.3. The molecule has 0 amide bonds. The summed E-state index contributed by atoms with van der Waals surface area (Å²) in [4.78, 5) is 8.80. The second-order valence-electron chi connectivity index (χ2n) is 22.2. The number of ether oxygens (including phenoxy) is 4. The van der Waals surface area contributed by atoms with Gasteiger partial charge < -0.3 is 38.5 Å². The largest absolute Gasteiger partial charge is 0.453 e. The molecule has 13 aromatic carbocycles. The molecule has 90 heavy (non-hydrogen) atoms. The van der Waals surface area contributed by atoms with Crippen LogP contribution in [-0.2, 0) is 0 Å². The lowest BCUT2D eigenvalue weighted by Crippen LogP contribution is -2.15. The van der Waals surface area contributed by atoms with Gasteiger partial charge in [0.05, 0.1) is 56.6 Å². The first-order valence-electron chi connectivity index (χ1n) is 29.7. The third kappa shape index (κ3) is 8.32. The highest BCUT2D eigenvalue weighted by Crippen LogP contribution is 2.57. The molecular formula is C80H48N6O4. The molecule has 13 aromatic rings. The predicted octanol–water partition coefficient (Wildman–Crippen LogP) is 22.4. The fourth-order valence-electron chi connectivity index (χ4n) is 13.2. The quantitative estimate of drug-likeness (QED) is 0.146. The highest BCUT2D eigenvalue weighted by Gasteiger charge is 2.33. The highest BCUT2D eigenvalue weighted by atomic mass is 16.5. The molecule has 4 aliphatic rings. The topological polar surface area (TPSA) is 97.5 Å². The van der Waals surface area contributed by atoms with E-state index in [9.17, 15) is 10.5 Å². The molecule has 10 nitrogen and oxygen atoms in total. The summed E-state index contributed by atoms with van der Waals surface area (Å²) in [5, 5.41) is 24.5. The molecule has 0 fully saturated rings. The Morgan fingerprint density at radius 1 is 0.200 bits per heavy atom. The predicted molar refractivity (Wildman–Crippen MR) is 357 cm³/mol. The molecule has 4 heterocycles. The molecule has 0 saturated carbocycles. The van der Waals surface area contributed by atoms with E-state index >= 15 is 0 Å². The van der Waals surface area contributed by atoms with Crippen LogP contribution in [-0.4, -0.2) is 0 Å². The molecule has 17 rings (SSSR count). The average molecular weight is 1160 g/mol. The van der Waals surface area contributed by atoms with Crippen LogP contribution in [0.4, 0.5) is 68.2 Å². The molecule has 422 valence electrons. The summed E-state index contributed by atoms with van der Waals surface area (Å²) in [5.74, 6) is 5.90. The summed E-state index contributed by atoms with van der Waals surface area (Å²) >= 11 is 0. The van der Waals surface area contributed by atoms with Crippen molar-refractivity contribution < 1.29 is 18.9 Å².